The van der Waals surface area contributed by atoms with E-state index in [9.17, 15) is 0 Å². The first-order chi connectivity index (χ1) is 4.34. The summed E-state index contributed by atoms with van der Waals surface area (Å²) in [7, 11) is 1.69. The standard InChI is InChI=1S/C7H10OS/c1-8-6-4-2-3-5-7(6)9/h3,5,9H,2,4H2,1H3. The lowest BCUT2D eigenvalue weighted by atomic mass is 10.2. The van der Waals surface area contributed by atoms with Gasteiger partial charge in [0.15, 0.2) is 0 Å². The smallest absolute Gasteiger partial charge is 0.109 e. The highest BCUT2D eigenvalue weighted by atomic mass is 32.1. The molecule has 1 aliphatic carbocycles. The summed E-state index contributed by atoms with van der Waals surface area (Å²) in [6.45, 7) is 0. The Morgan fingerprint density at radius 3 is 2.89 bits per heavy atom. The summed E-state index contributed by atoms with van der Waals surface area (Å²) in [6, 6.07) is 0. The average Bonchev–Trinajstić information content (AvgIpc) is 1.89. The van der Waals surface area contributed by atoms with Crippen LogP contribution < -0.4 is 0 Å². The van der Waals surface area contributed by atoms with Crippen LogP contribution in [-0.4, -0.2) is 7.11 Å². The highest BCUT2D eigenvalue weighted by Crippen LogP contribution is 2.21. The maximum atomic E-state index is 5.06. The fraction of sp³-hybridized carbons (Fsp3) is 0.429. The molecule has 2 heteroatoms. The third-order valence-electron chi connectivity index (χ3n) is 1.35. The predicted octanol–water partition coefficient (Wildman–Crippen LogP) is 2.12. The van der Waals surface area contributed by atoms with Gasteiger partial charge >= 0.3 is 0 Å². The van der Waals surface area contributed by atoms with Crippen LogP contribution in [0.2, 0.25) is 0 Å². The Balaban J connectivity index is 2.72. The van der Waals surface area contributed by atoms with Crippen LogP contribution in [0.1, 0.15) is 12.8 Å². The SMILES string of the molecule is COC1=C(S)C=CCC1. The Labute approximate surface area is 60.8 Å². The Kier molecular flexibility index (Phi) is 2.22. The van der Waals surface area contributed by atoms with Crippen molar-refractivity contribution < 1.29 is 4.74 Å². The second-order valence-electron chi connectivity index (χ2n) is 1.95. The van der Waals surface area contributed by atoms with Gasteiger partial charge in [-0.05, 0) is 12.5 Å². The Hall–Kier alpha value is -0.370. The van der Waals surface area contributed by atoms with Gasteiger partial charge in [0, 0.05) is 11.3 Å². The molecule has 0 radical (unpaired) electrons. The quantitative estimate of drug-likeness (QED) is 0.552. The molecule has 0 atom stereocenters. The maximum absolute atomic E-state index is 5.06. The third kappa shape index (κ3) is 1.52. The van der Waals surface area contributed by atoms with Crippen LogP contribution in [0.3, 0.4) is 0 Å². The van der Waals surface area contributed by atoms with E-state index in [2.05, 4.69) is 18.7 Å². The fourth-order valence-electron chi connectivity index (χ4n) is 0.837. The highest BCUT2D eigenvalue weighted by molar-refractivity contribution is 7.84. The van der Waals surface area contributed by atoms with Crippen LogP contribution in [0.15, 0.2) is 22.8 Å². The largest absolute Gasteiger partial charge is 0.500 e. The average molecular weight is 142 g/mol. The van der Waals surface area contributed by atoms with Crippen molar-refractivity contribution in [1.82, 2.24) is 0 Å². The summed E-state index contributed by atoms with van der Waals surface area (Å²) in [4.78, 5) is 0.962. The first-order valence-corrected chi connectivity index (χ1v) is 3.42. The van der Waals surface area contributed by atoms with Gasteiger partial charge in [-0.3, -0.25) is 0 Å². The van der Waals surface area contributed by atoms with Gasteiger partial charge in [0.05, 0.1) is 7.11 Å². The van der Waals surface area contributed by atoms with E-state index in [0.717, 1.165) is 23.5 Å². The van der Waals surface area contributed by atoms with Gasteiger partial charge in [0.1, 0.15) is 5.76 Å². The number of hydrogen-bond acceptors (Lipinski definition) is 2. The molecule has 0 fully saturated rings. The normalized spacial score (nSPS) is 18.4. The summed E-state index contributed by atoms with van der Waals surface area (Å²) >= 11 is 4.20. The topological polar surface area (TPSA) is 9.23 Å². The summed E-state index contributed by atoms with van der Waals surface area (Å²) in [5.74, 6) is 1.00. The van der Waals surface area contributed by atoms with Crippen molar-refractivity contribution in [3.05, 3.63) is 22.8 Å². The first-order valence-electron chi connectivity index (χ1n) is 2.97. The lowest BCUT2D eigenvalue weighted by molar-refractivity contribution is 0.275. The molecule has 9 heavy (non-hydrogen) atoms. The van der Waals surface area contributed by atoms with Crippen molar-refractivity contribution in [2.75, 3.05) is 7.11 Å². The molecule has 0 bridgehead atoms. The lowest BCUT2D eigenvalue weighted by Gasteiger charge is -2.09. The van der Waals surface area contributed by atoms with Gasteiger partial charge in [-0.25, -0.2) is 0 Å². The molecule has 50 valence electrons. The molecule has 0 N–H and O–H groups in total. The van der Waals surface area contributed by atoms with E-state index in [4.69, 9.17) is 4.74 Å². The summed E-state index contributed by atoms with van der Waals surface area (Å²) < 4.78 is 5.06. The fourth-order valence-corrected chi connectivity index (χ4v) is 1.15. The van der Waals surface area contributed by atoms with Gasteiger partial charge in [-0.15, -0.1) is 12.6 Å². The van der Waals surface area contributed by atoms with E-state index in [1.54, 1.807) is 7.11 Å². The van der Waals surface area contributed by atoms with E-state index in [1.807, 2.05) is 6.08 Å². The Morgan fingerprint density at radius 2 is 2.44 bits per heavy atom. The number of ether oxygens (including phenoxy) is 1. The Morgan fingerprint density at radius 1 is 1.67 bits per heavy atom. The monoisotopic (exact) mass is 142 g/mol. The van der Waals surface area contributed by atoms with Crippen LogP contribution in [0.4, 0.5) is 0 Å². The maximum Gasteiger partial charge on any atom is 0.109 e. The second-order valence-corrected chi connectivity index (χ2v) is 2.44. The molecule has 0 aliphatic heterocycles. The van der Waals surface area contributed by atoms with Crippen LogP contribution in [0.5, 0.6) is 0 Å². The molecular formula is C7H10OS. The van der Waals surface area contributed by atoms with E-state index in [0.29, 0.717) is 0 Å². The van der Waals surface area contributed by atoms with Gasteiger partial charge < -0.3 is 4.74 Å². The molecule has 0 aromatic carbocycles. The molecule has 0 saturated heterocycles. The molecule has 1 rings (SSSR count). The summed E-state index contributed by atoms with van der Waals surface area (Å²) in [5.41, 5.74) is 0. The number of thiol groups is 1. The van der Waals surface area contributed by atoms with Crippen molar-refractivity contribution in [2.45, 2.75) is 12.8 Å². The molecule has 0 unspecified atom stereocenters. The zero-order valence-corrected chi connectivity index (χ0v) is 6.32. The van der Waals surface area contributed by atoms with Crippen molar-refractivity contribution in [3.8, 4) is 0 Å². The van der Waals surface area contributed by atoms with Crippen LogP contribution in [-0.2, 0) is 4.74 Å². The number of rotatable bonds is 1. The predicted molar refractivity (Wildman–Crippen MR) is 41.4 cm³/mol. The number of methoxy groups -OCH3 is 1. The number of hydrogen-bond donors (Lipinski definition) is 1. The van der Waals surface area contributed by atoms with Gasteiger partial charge in [0.2, 0.25) is 0 Å². The zero-order valence-electron chi connectivity index (χ0n) is 5.42. The molecular weight excluding hydrogens is 132 g/mol. The Bertz CT molecular complexity index is 158. The second kappa shape index (κ2) is 2.97. The third-order valence-corrected chi connectivity index (χ3v) is 1.74. The van der Waals surface area contributed by atoms with Gasteiger partial charge in [-0.2, -0.15) is 0 Å². The molecule has 0 saturated carbocycles. The van der Waals surface area contributed by atoms with Crippen molar-refractivity contribution in [2.24, 2.45) is 0 Å². The van der Waals surface area contributed by atoms with Gasteiger partial charge in [0.25, 0.3) is 0 Å². The molecule has 0 spiro atoms. The van der Waals surface area contributed by atoms with Crippen molar-refractivity contribution in [1.29, 1.82) is 0 Å². The molecule has 0 heterocycles. The van der Waals surface area contributed by atoms with E-state index >= 15 is 0 Å². The van der Waals surface area contributed by atoms with Crippen LogP contribution in [0.25, 0.3) is 0 Å². The van der Waals surface area contributed by atoms with Crippen LogP contribution in [0, 0.1) is 0 Å². The van der Waals surface area contributed by atoms with Crippen molar-refractivity contribution in [3.63, 3.8) is 0 Å². The minimum Gasteiger partial charge on any atom is -0.500 e. The molecule has 0 amide bonds. The number of allylic oxidation sites excluding steroid dienone is 3. The highest BCUT2D eigenvalue weighted by Gasteiger charge is 2.03. The van der Waals surface area contributed by atoms with E-state index in [1.165, 1.54) is 0 Å². The zero-order chi connectivity index (χ0) is 6.69. The minimum absolute atomic E-state index is 0.962. The molecule has 1 aliphatic rings. The van der Waals surface area contributed by atoms with Crippen LogP contribution >= 0.6 is 12.6 Å². The molecule has 0 aromatic rings. The first kappa shape index (κ1) is 6.75. The lowest BCUT2D eigenvalue weighted by Crippen LogP contribution is -1.92. The van der Waals surface area contributed by atoms with E-state index in [-0.39, 0.29) is 0 Å². The molecule has 0 aromatic heterocycles. The summed E-state index contributed by atoms with van der Waals surface area (Å²) in [5, 5.41) is 0. The van der Waals surface area contributed by atoms with Gasteiger partial charge in [-0.1, -0.05) is 6.08 Å². The van der Waals surface area contributed by atoms with Crippen molar-refractivity contribution >= 4 is 12.6 Å². The molecule has 1 nitrogen and oxygen atoms in total. The summed E-state index contributed by atoms with van der Waals surface area (Å²) in [6.07, 6.45) is 6.15. The minimum atomic E-state index is 0.962. The van der Waals surface area contributed by atoms with E-state index < -0.39 is 0 Å².